The van der Waals surface area contributed by atoms with Crippen molar-refractivity contribution in [3.05, 3.63) is 46.8 Å². The molecule has 2 saturated heterocycles. The molecule has 0 radical (unpaired) electrons. The molecular formula is C33H40F5N4O2PS. The number of likely N-dealkylation sites (tertiary alicyclic amines) is 1. The standard InChI is InChI=1S/C33H40F5N4O2PS/c1-41(2)22-12-16-45(43,17-13-22)23-9-10-28(30(18-23)44-21-34)39-14-5-8-31-25(19-33(36,37)38)24-6-4-7-29(32(24)46-31)40-27-11-15-42(3)20-26(27)35/h4,6-7,9-10,18,22,26-27,39-40H,11-17,19-21H2,1-3H3/t22?,26-,27-,45?/m0/s1. The summed E-state index contributed by atoms with van der Waals surface area (Å²) in [4.78, 5) is 4.34. The van der Waals surface area contributed by atoms with Gasteiger partial charge in [-0.2, -0.15) is 13.2 Å². The van der Waals surface area contributed by atoms with E-state index in [9.17, 15) is 26.5 Å². The highest BCUT2D eigenvalue weighted by molar-refractivity contribution is 7.71. The summed E-state index contributed by atoms with van der Waals surface area (Å²) in [5, 5.41) is 7.40. The Bertz CT molecular complexity index is 1620. The van der Waals surface area contributed by atoms with Crippen LogP contribution in [-0.2, 0) is 11.0 Å². The molecule has 2 N–H and O–H groups in total. The van der Waals surface area contributed by atoms with E-state index in [4.69, 9.17) is 4.74 Å². The van der Waals surface area contributed by atoms with Gasteiger partial charge >= 0.3 is 6.18 Å². The van der Waals surface area contributed by atoms with Crippen LogP contribution in [0.4, 0.5) is 33.3 Å². The number of anilines is 2. The number of ether oxygens (including phenoxy) is 1. The molecule has 46 heavy (non-hydrogen) atoms. The van der Waals surface area contributed by atoms with Gasteiger partial charge < -0.3 is 29.7 Å². The number of alkyl halides is 5. The van der Waals surface area contributed by atoms with Gasteiger partial charge in [0.05, 0.1) is 40.0 Å². The van der Waals surface area contributed by atoms with Gasteiger partial charge in [0, 0.05) is 36.8 Å². The Labute approximate surface area is 271 Å². The van der Waals surface area contributed by atoms with Gasteiger partial charge in [0.25, 0.3) is 0 Å². The number of thiophene rings is 1. The van der Waals surface area contributed by atoms with Crippen LogP contribution >= 0.6 is 18.5 Å². The van der Waals surface area contributed by atoms with Gasteiger partial charge in [0.1, 0.15) is 19.1 Å². The lowest BCUT2D eigenvalue weighted by molar-refractivity contribution is -0.126. The van der Waals surface area contributed by atoms with Crippen LogP contribution in [0.2, 0.25) is 0 Å². The molecule has 0 spiro atoms. The highest BCUT2D eigenvalue weighted by atomic mass is 32.1. The van der Waals surface area contributed by atoms with Gasteiger partial charge in [0.15, 0.2) is 0 Å². The van der Waals surface area contributed by atoms with Gasteiger partial charge in [0.2, 0.25) is 6.86 Å². The molecule has 3 heterocycles. The highest BCUT2D eigenvalue weighted by Gasteiger charge is 2.34. The first kappa shape index (κ1) is 34.5. The van der Waals surface area contributed by atoms with Crippen LogP contribution in [0.25, 0.3) is 10.1 Å². The van der Waals surface area contributed by atoms with E-state index in [1.807, 2.05) is 26.0 Å². The van der Waals surface area contributed by atoms with Gasteiger partial charge in [-0.15, -0.1) is 11.3 Å². The summed E-state index contributed by atoms with van der Waals surface area (Å²) < 4.78 is 88.7. The molecule has 2 aliphatic heterocycles. The molecule has 6 nitrogen and oxygen atoms in total. The Kier molecular flexibility index (Phi) is 10.9. The number of hydrogen-bond acceptors (Lipinski definition) is 7. The fourth-order valence-corrected chi connectivity index (χ4v) is 10.3. The third-order valence-corrected chi connectivity index (χ3v) is 13.3. The smallest absolute Gasteiger partial charge is 0.393 e. The largest absolute Gasteiger partial charge is 0.461 e. The topological polar surface area (TPSA) is 56.8 Å². The summed E-state index contributed by atoms with van der Waals surface area (Å²) in [6.07, 6.45) is -3.33. The van der Waals surface area contributed by atoms with Gasteiger partial charge in [-0.1, -0.05) is 24.0 Å². The first-order chi connectivity index (χ1) is 21.9. The van der Waals surface area contributed by atoms with E-state index in [0.717, 1.165) is 30.7 Å². The van der Waals surface area contributed by atoms with Crippen LogP contribution in [0.5, 0.6) is 5.75 Å². The number of rotatable bonds is 9. The van der Waals surface area contributed by atoms with E-state index >= 15 is 0 Å². The van der Waals surface area contributed by atoms with Crippen molar-refractivity contribution in [2.75, 3.05) is 70.6 Å². The van der Waals surface area contributed by atoms with E-state index in [1.54, 1.807) is 36.4 Å². The van der Waals surface area contributed by atoms with Crippen molar-refractivity contribution in [1.29, 1.82) is 0 Å². The Morgan fingerprint density at radius 1 is 1.13 bits per heavy atom. The molecule has 0 aliphatic carbocycles. The summed E-state index contributed by atoms with van der Waals surface area (Å²) in [7, 11) is 3.24. The van der Waals surface area contributed by atoms with Crippen LogP contribution in [0.3, 0.4) is 0 Å². The fraction of sp³-hybridized carbons (Fsp3) is 0.515. The predicted molar refractivity (Wildman–Crippen MR) is 178 cm³/mol. The average Bonchev–Trinajstić information content (AvgIpc) is 3.34. The molecule has 0 amide bonds. The van der Waals surface area contributed by atoms with Crippen molar-refractivity contribution in [2.24, 2.45) is 0 Å². The second-order valence-corrected chi connectivity index (χ2v) is 16.5. The van der Waals surface area contributed by atoms with E-state index < -0.39 is 38.8 Å². The maximum absolute atomic E-state index is 14.8. The number of hydrogen-bond donors (Lipinski definition) is 2. The maximum atomic E-state index is 14.8. The number of benzene rings is 2. The lowest BCUT2D eigenvalue weighted by Crippen LogP contribution is -2.46. The van der Waals surface area contributed by atoms with Crippen LogP contribution in [0, 0.1) is 11.8 Å². The van der Waals surface area contributed by atoms with E-state index in [-0.39, 0.29) is 22.7 Å². The Balaban J connectivity index is 1.35. The number of piperidine rings is 1. The molecule has 2 fully saturated rings. The fourth-order valence-electron chi connectivity index (χ4n) is 6.28. The zero-order chi connectivity index (χ0) is 33.1. The first-order valence-corrected chi connectivity index (χ1v) is 18.3. The summed E-state index contributed by atoms with van der Waals surface area (Å²) in [6.45, 7) is -0.0120. The zero-order valence-corrected chi connectivity index (χ0v) is 27.9. The first-order valence-electron chi connectivity index (χ1n) is 15.4. The number of fused-ring (bicyclic) bond motifs is 1. The minimum atomic E-state index is -4.45. The Morgan fingerprint density at radius 3 is 2.57 bits per heavy atom. The van der Waals surface area contributed by atoms with Crippen LogP contribution < -0.4 is 20.7 Å². The maximum Gasteiger partial charge on any atom is 0.393 e. The van der Waals surface area contributed by atoms with Crippen molar-refractivity contribution in [3.8, 4) is 17.6 Å². The average molecular weight is 683 g/mol. The van der Waals surface area contributed by atoms with Crippen LogP contribution in [0.15, 0.2) is 36.4 Å². The zero-order valence-electron chi connectivity index (χ0n) is 26.2. The second-order valence-electron chi connectivity index (χ2n) is 12.3. The molecule has 0 unspecified atom stereocenters. The molecule has 5 rings (SSSR count). The highest BCUT2D eigenvalue weighted by Crippen LogP contribution is 2.50. The molecule has 0 bridgehead atoms. The Morgan fingerprint density at radius 2 is 1.89 bits per heavy atom. The second kappa shape index (κ2) is 14.5. The summed E-state index contributed by atoms with van der Waals surface area (Å²) in [5.41, 5.74) is 1.13. The summed E-state index contributed by atoms with van der Waals surface area (Å²) in [5.74, 6) is 6.03. The number of nitrogens with one attached hydrogen (secondary N) is 2. The SMILES string of the molecule is CN1CC[C@H](Nc2cccc3c(CC(F)(F)F)c(C#CCNc4ccc(P5(=O)CCC(N(C)C)CC5)cc4OCF)sc23)[C@@H](F)C1. The molecular weight excluding hydrogens is 642 g/mol. The lowest BCUT2D eigenvalue weighted by Gasteiger charge is -2.33. The van der Waals surface area contributed by atoms with Crippen molar-refractivity contribution in [1.82, 2.24) is 9.80 Å². The summed E-state index contributed by atoms with van der Waals surface area (Å²) >= 11 is 1.15. The van der Waals surface area contributed by atoms with Crippen molar-refractivity contribution < 1.29 is 31.3 Å². The summed E-state index contributed by atoms with van der Waals surface area (Å²) in [6, 6.07) is 10.1. The third kappa shape index (κ3) is 8.17. The van der Waals surface area contributed by atoms with Crippen molar-refractivity contribution >= 4 is 45.2 Å². The monoisotopic (exact) mass is 682 g/mol. The molecule has 0 saturated carbocycles. The van der Waals surface area contributed by atoms with Crippen molar-refractivity contribution in [2.45, 2.75) is 50.1 Å². The molecule has 1 aromatic heterocycles. The van der Waals surface area contributed by atoms with Gasteiger partial charge in [-0.3, -0.25) is 0 Å². The van der Waals surface area contributed by atoms with Crippen LogP contribution in [-0.4, -0.2) is 94.2 Å². The molecule has 2 atom stereocenters. The number of nitrogens with zero attached hydrogens (tertiary/aromatic N) is 2. The van der Waals surface area contributed by atoms with Crippen molar-refractivity contribution in [3.63, 3.8) is 0 Å². The quantitative estimate of drug-likeness (QED) is 0.145. The lowest BCUT2D eigenvalue weighted by atomic mass is 10.0. The third-order valence-electron chi connectivity index (χ3n) is 8.87. The molecule has 250 valence electrons. The van der Waals surface area contributed by atoms with E-state index in [1.165, 1.54) is 0 Å². The molecule has 13 heteroatoms. The van der Waals surface area contributed by atoms with Crippen LogP contribution in [0.1, 0.15) is 29.7 Å². The minimum Gasteiger partial charge on any atom is -0.461 e. The Hall–Kier alpha value is -2.84. The molecule has 2 aliphatic rings. The van der Waals surface area contributed by atoms with E-state index in [0.29, 0.717) is 58.1 Å². The molecule has 3 aromatic rings. The predicted octanol–water partition coefficient (Wildman–Crippen LogP) is 6.94. The molecule has 2 aromatic carbocycles. The number of halogens is 5. The van der Waals surface area contributed by atoms with E-state index in [2.05, 4.69) is 27.4 Å². The van der Waals surface area contributed by atoms with Gasteiger partial charge in [-0.05, 0) is 75.6 Å². The van der Waals surface area contributed by atoms with Gasteiger partial charge in [-0.25, -0.2) is 8.78 Å². The minimum absolute atomic E-state index is 0.0497. The normalized spacial score (nSPS) is 24.1.